The molecule has 1 N–H and O–H groups in total. The molecule has 0 aromatic carbocycles. The van der Waals surface area contributed by atoms with E-state index in [0.29, 0.717) is 0 Å². The summed E-state index contributed by atoms with van der Waals surface area (Å²) in [5.74, 6) is 0. The number of rotatable bonds is 0. The van der Waals surface area contributed by atoms with Crippen LogP contribution in [0.3, 0.4) is 0 Å². The van der Waals surface area contributed by atoms with Gasteiger partial charge >= 0.3 is 0 Å². The average molecular weight is 124 g/mol. The number of allylic oxidation sites excluding steroid dienone is 3. The Morgan fingerprint density at radius 3 is 3.22 bits per heavy atom. The van der Waals surface area contributed by atoms with Crippen LogP contribution in [0, 0.1) is 0 Å². The third-order valence-corrected chi connectivity index (χ3v) is 1.15. The fourth-order valence-electron chi connectivity index (χ4n) is 0.727. The minimum absolute atomic E-state index is 0.796. The van der Waals surface area contributed by atoms with Gasteiger partial charge in [0.05, 0.1) is 0 Å². The van der Waals surface area contributed by atoms with Gasteiger partial charge in [0.25, 0.3) is 0 Å². The molecule has 0 radical (unpaired) electrons. The average Bonchev–Trinajstić information content (AvgIpc) is 1.93. The van der Waals surface area contributed by atoms with Crippen molar-refractivity contribution < 1.29 is 9.95 Å². The minimum Gasteiger partial charge on any atom is -0.286 e. The van der Waals surface area contributed by atoms with Crippen LogP contribution in [0.2, 0.25) is 0 Å². The second-order valence-electron chi connectivity index (χ2n) is 2.07. The molecule has 1 aliphatic heterocycles. The van der Waals surface area contributed by atoms with Crippen LogP contribution in [-0.4, -0.2) is 16.2 Å². The molecule has 0 aromatic heterocycles. The summed E-state index contributed by atoms with van der Waals surface area (Å²) in [6.07, 6.45) is 8.15. The summed E-state index contributed by atoms with van der Waals surface area (Å²) in [5.41, 5.74) is 1.06. The predicted molar refractivity (Wildman–Crippen MR) is 35.6 cm³/mol. The van der Waals surface area contributed by atoms with E-state index in [9.17, 15) is 0 Å². The lowest BCUT2D eigenvalue weighted by Gasteiger charge is -1.80. The molecule has 0 atom stereocenters. The fourth-order valence-corrected chi connectivity index (χ4v) is 0.727. The highest BCUT2D eigenvalue weighted by molar-refractivity contribution is 5.54. The lowest BCUT2D eigenvalue weighted by atomic mass is 10.3. The Morgan fingerprint density at radius 1 is 1.67 bits per heavy atom. The van der Waals surface area contributed by atoms with Gasteiger partial charge in [-0.1, -0.05) is 12.2 Å². The molecule has 0 aromatic rings. The minimum atomic E-state index is 0.796. The van der Waals surface area contributed by atoms with E-state index in [-0.39, 0.29) is 0 Å². The standard InChI is InChI=1S/C7H10NO/c1-7-4-2-3-5-8(9)6-7/h2,4-6,9H,3H2,1H3/q+1. The maximum Gasteiger partial charge on any atom is 0.224 e. The normalized spacial score (nSPS) is 18.3. The molecule has 9 heavy (non-hydrogen) atoms. The summed E-state index contributed by atoms with van der Waals surface area (Å²) in [7, 11) is 0. The molecule has 0 bridgehead atoms. The maximum absolute atomic E-state index is 8.92. The van der Waals surface area contributed by atoms with Gasteiger partial charge in [-0.3, -0.25) is 5.21 Å². The highest BCUT2D eigenvalue weighted by Gasteiger charge is 1.97. The van der Waals surface area contributed by atoms with E-state index in [1.807, 2.05) is 19.1 Å². The summed E-state index contributed by atoms with van der Waals surface area (Å²) >= 11 is 0. The molecule has 0 saturated heterocycles. The molecule has 1 aliphatic rings. The summed E-state index contributed by atoms with van der Waals surface area (Å²) in [6.45, 7) is 1.94. The third-order valence-electron chi connectivity index (χ3n) is 1.15. The smallest absolute Gasteiger partial charge is 0.224 e. The van der Waals surface area contributed by atoms with Crippen molar-refractivity contribution in [2.24, 2.45) is 0 Å². The molecule has 1 rings (SSSR count). The van der Waals surface area contributed by atoms with Gasteiger partial charge in [-0.25, -0.2) is 0 Å². The van der Waals surface area contributed by atoms with E-state index < -0.39 is 0 Å². The molecule has 1 heterocycles. The van der Waals surface area contributed by atoms with E-state index >= 15 is 0 Å². The van der Waals surface area contributed by atoms with Crippen molar-refractivity contribution in [1.82, 2.24) is 0 Å². The summed E-state index contributed by atoms with van der Waals surface area (Å²) < 4.78 is 1.09. The van der Waals surface area contributed by atoms with Crippen molar-refractivity contribution in [2.75, 3.05) is 0 Å². The van der Waals surface area contributed by atoms with Gasteiger partial charge in [0.1, 0.15) is 0 Å². The van der Waals surface area contributed by atoms with Crippen LogP contribution < -0.4 is 0 Å². The van der Waals surface area contributed by atoms with Crippen LogP contribution in [0.25, 0.3) is 0 Å². The van der Waals surface area contributed by atoms with Gasteiger partial charge in [-0.15, -0.1) is 0 Å². The van der Waals surface area contributed by atoms with Gasteiger partial charge in [-0.05, 0) is 11.7 Å². The van der Waals surface area contributed by atoms with E-state index in [0.717, 1.165) is 16.7 Å². The first kappa shape index (κ1) is 6.08. The fraction of sp³-hybridized carbons (Fsp3) is 0.286. The Morgan fingerprint density at radius 2 is 2.44 bits per heavy atom. The molecule has 0 spiro atoms. The Bertz CT molecular complexity index is 189. The van der Waals surface area contributed by atoms with Gasteiger partial charge in [0.2, 0.25) is 12.4 Å². The van der Waals surface area contributed by atoms with Crippen LogP contribution in [-0.2, 0) is 0 Å². The van der Waals surface area contributed by atoms with Gasteiger partial charge < -0.3 is 0 Å². The molecule has 48 valence electrons. The van der Waals surface area contributed by atoms with Gasteiger partial charge in [0, 0.05) is 12.0 Å². The lowest BCUT2D eigenvalue weighted by Crippen LogP contribution is -1.96. The van der Waals surface area contributed by atoms with Gasteiger partial charge in [0.15, 0.2) is 0 Å². The Balaban J connectivity index is 2.82. The summed E-state index contributed by atoms with van der Waals surface area (Å²) in [4.78, 5) is 0. The molecule has 0 amide bonds. The Kier molecular flexibility index (Phi) is 1.68. The van der Waals surface area contributed by atoms with Crippen molar-refractivity contribution in [3.05, 3.63) is 23.9 Å². The van der Waals surface area contributed by atoms with Crippen molar-refractivity contribution in [3.63, 3.8) is 0 Å². The predicted octanol–water partition coefficient (Wildman–Crippen LogP) is 1.32. The van der Waals surface area contributed by atoms with Crippen LogP contribution in [0.15, 0.2) is 23.9 Å². The second-order valence-corrected chi connectivity index (χ2v) is 2.07. The SMILES string of the molecule is CC1=C[N+](O)=CCC=C1. The summed E-state index contributed by atoms with van der Waals surface area (Å²) in [6, 6.07) is 0. The summed E-state index contributed by atoms with van der Waals surface area (Å²) in [5, 5.41) is 8.92. The van der Waals surface area contributed by atoms with Gasteiger partial charge in [-0.2, -0.15) is 0 Å². The van der Waals surface area contributed by atoms with E-state index in [1.165, 1.54) is 0 Å². The highest BCUT2D eigenvalue weighted by Crippen LogP contribution is 1.98. The Labute approximate surface area is 54.4 Å². The first-order chi connectivity index (χ1) is 4.29. The number of hydrogen-bond acceptors (Lipinski definition) is 1. The first-order valence-electron chi connectivity index (χ1n) is 2.94. The molecular formula is C7H10NO+. The zero-order chi connectivity index (χ0) is 6.69. The zero-order valence-electron chi connectivity index (χ0n) is 5.41. The largest absolute Gasteiger partial charge is 0.286 e. The van der Waals surface area contributed by atoms with Crippen molar-refractivity contribution in [1.29, 1.82) is 0 Å². The van der Waals surface area contributed by atoms with Crippen LogP contribution in [0.4, 0.5) is 0 Å². The molecule has 0 unspecified atom stereocenters. The maximum atomic E-state index is 8.92. The first-order valence-corrected chi connectivity index (χ1v) is 2.94. The highest BCUT2D eigenvalue weighted by atomic mass is 16.5. The molecular weight excluding hydrogens is 114 g/mol. The number of nitrogens with zero attached hydrogens (tertiary/aromatic N) is 1. The van der Waals surface area contributed by atoms with E-state index in [2.05, 4.69) is 0 Å². The number of hydroxylamine groups is 1. The van der Waals surface area contributed by atoms with Crippen LogP contribution in [0.1, 0.15) is 13.3 Å². The zero-order valence-corrected chi connectivity index (χ0v) is 5.41. The topological polar surface area (TPSA) is 23.2 Å². The monoisotopic (exact) mass is 124 g/mol. The molecule has 2 heteroatoms. The van der Waals surface area contributed by atoms with E-state index in [4.69, 9.17) is 5.21 Å². The molecule has 0 aliphatic carbocycles. The molecule has 0 saturated carbocycles. The molecule has 0 fully saturated rings. The second kappa shape index (κ2) is 2.49. The quantitative estimate of drug-likeness (QED) is 0.382. The van der Waals surface area contributed by atoms with Crippen molar-refractivity contribution in [3.8, 4) is 0 Å². The third kappa shape index (κ3) is 1.72. The Hall–Kier alpha value is -1.05. The number of hydrogen-bond donors (Lipinski definition) is 1. The molecule has 2 nitrogen and oxygen atoms in total. The van der Waals surface area contributed by atoms with Crippen molar-refractivity contribution >= 4 is 6.21 Å². The lowest BCUT2D eigenvalue weighted by molar-refractivity contribution is -0.722. The van der Waals surface area contributed by atoms with Crippen LogP contribution in [0.5, 0.6) is 0 Å². The van der Waals surface area contributed by atoms with E-state index in [1.54, 1.807) is 12.4 Å². The van der Waals surface area contributed by atoms with Crippen molar-refractivity contribution in [2.45, 2.75) is 13.3 Å². The van der Waals surface area contributed by atoms with Crippen LogP contribution >= 0.6 is 0 Å².